The van der Waals surface area contributed by atoms with Gasteiger partial charge >= 0.3 is 11.9 Å². The first kappa shape index (κ1) is 20.4. The fraction of sp³-hybridized carbons (Fsp3) is 0.350. The monoisotopic (exact) mass is 371 g/mol. The minimum Gasteiger partial charge on any atom is -0.427 e. The van der Waals surface area contributed by atoms with Crippen LogP contribution in [0.3, 0.4) is 0 Å². The Bertz CT molecular complexity index is 765. The first-order valence-corrected chi connectivity index (χ1v) is 8.62. The molecule has 0 aliphatic rings. The number of benzene rings is 1. The molecule has 0 saturated carbocycles. The molecule has 0 amide bonds. The molecule has 0 aliphatic heterocycles. The summed E-state index contributed by atoms with van der Waals surface area (Å²) in [6.45, 7) is 4.31. The van der Waals surface area contributed by atoms with E-state index in [1.807, 2.05) is 35.0 Å². The van der Waals surface area contributed by atoms with Gasteiger partial charge in [-0.2, -0.15) is 0 Å². The largest absolute Gasteiger partial charge is 0.427 e. The van der Waals surface area contributed by atoms with Crippen molar-refractivity contribution in [3.63, 3.8) is 0 Å². The fourth-order valence-electron chi connectivity index (χ4n) is 2.39. The van der Waals surface area contributed by atoms with Crippen molar-refractivity contribution in [1.82, 2.24) is 14.9 Å². The predicted octanol–water partition coefficient (Wildman–Crippen LogP) is 2.23. The van der Waals surface area contributed by atoms with E-state index in [1.54, 1.807) is 39.5 Å². The van der Waals surface area contributed by atoms with Crippen LogP contribution in [0.1, 0.15) is 25.0 Å². The van der Waals surface area contributed by atoms with Crippen molar-refractivity contribution in [2.45, 2.75) is 20.4 Å². The number of carbonyl (C=O) groups excluding carboxylic acids is 2. The van der Waals surface area contributed by atoms with Gasteiger partial charge in [0, 0.05) is 31.6 Å². The highest BCUT2D eigenvalue weighted by Gasteiger charge is 2.28. The standard InChI is InChI=1S/C20H25N3O4/c1-20(2,13-21-3)19(25)27-15-26-18(24)9-8-16-4-6-17(7-5-16)12-23-11-10-22-14-23/h4-11,14,21H,12-13,15H2,1-3H3/b9-8+. The average Bonchev–Trinajstić information content (AvgIpc) is 3.14. The summed E-state index contributed by atoms with van der Waals surface area (Å²) in [5.41, 5.74) is 1.31. The Morgan fingerprint density at radius 1 is 1.22 bits per heavy atom. The van der Waals surface area contributed by atoms with Crippen molar-refractivity contribution >= 4 is 18.0 Å². The van der Waals surface area contributed by atoms with Crippen molar-refractivity contribution in [3.05, 3.63) is 60.2 Å². The lowest BCUT2D eigenvalue weighted by Crippen LogP contribution is -2.36. The van der Waals surface area contributed by atoms with Crippen LogP contribution in [0, 0.1) is 5.41 Å². The lowest BCUT2D eigenvalue weighted by atomic mass is 9.94. The molecule has 27 heavy (non-hydrogen) atoms. The first-order valence-electron chi connectivity index (χ1n) is 8.62. The molecule has 1 aromatic carbocycles. The zero-order valence-corrected chi connectivity index (χ0v) is 15.8. The van der Waals surface area contributed by atoms with Crippen LogP contribution < -0.4 is 5.32 Å². The quantitative estimate of drug-likeness (QED) is 0.414. The Balaban J connectivity index is 1.76. The minimum atomic E-state index is -0.685. The molecule has 2 aromatic rings. The molecule has 0 saturated heterocycles. The maximum atomic E-state index is 11.9. The van der Waals surface area contributed by atoms with Gasteiger partial charge in [-0.15, -0.1) is 0 Å². The summed E-state index contributed by atoms with van der Waals surface area (Å²) in [5.74, 6) is -1.00. The summed E-state index contributed by atoms with van der Waals surface area (Å²) < 4.78 is 11.9. The molecule has 7 heteroatoms. The molecule has 1 aromatic heterocycles. The summed E-state index contributed by atoms with van der Waals surface area (Å²) in [4.78, 5) is 27.6. The van der Waals surface area contributed by atoms with Gasteiger partial charge in [-0.05, 0) is 38.1 Å². The van der Waals surface area contributed by atoms with Crippen LogP contribution in [0.15, 0.2) is 49.1 Å². The van der Waals surface area contributed by atoms with Gasteiger partial charge in [0.1, 0.15) is 0 Å². The summed E-state index contributed by atoms with van der Waals surface area (Å²) >= 11 is 0. The van der Waals surface area contributed by atoms with Crippen molar-refractivity contribution in [2.24, 2.45) is 5.41 Å². The van der Waals surface area contributed by atoms with Crippen molar-refractivity contribution in [3.8, 4) is 0 Å². The molecule has 0 spiro atoms. The molecular weight excluding hydrogens is 346 g/mol. The molecule has 0 bridgehead atoms. The van der Waals surface area contributed by atoms with E-state index in [1.165, 1.54) is 6.08 Å². The Morgan fingerprint density at radius 3 is 2.59 bits per heavy atom. The minimum absolute atomic E-state index is 0.404. The number of imidazole rings is 1. The number of aromatic nitrogens is 2. The lowest BCUT2D eigenvalue weighted by molar-refractivity contribution is -0.171. The molecule has 144 valence electrons. The maximum absolute atomic E-state index is 11.9. The van der Waals surface area contributed by atoms with Gasteiger partial charge in [0.15, 0.2) is 0 Å². The third kappa shape index (κ3) is 6.71. The van der Waals surface area contributed by atoms with Gasteiger partial charge in [-0.25, -0.2) is 9.78 Å². The summed E-state index contributed by atoms with van der Waals surface area (Å²) in [5, 5.41) is 2.92. The van der Waals surface area contributed by atoms with Crippen LogP contribution in [0.2, 0.25) is 0 Å². The third-order valence-electron chi connectivity index (χ3n) is 3.88. The Labute approximate surface area is 159 Å². The molecule has 1 N–H and O–H groups in total. The van der Waals surface area contributed by atoms with Gasteiger partial charge in [-0.3, -0.25) is 4.79 Å². The van der Waals surface area contributed by atoms with E-state index in [2.05, 4.69) is 10.3 Å². The zero-order valence-electron chi connectivity index (χ0n) is 15.8. The number of nitrogens with one attached hydrogen (secondary N) is 1. The number of rotatable bonds is 9. The summed E-state index contributed by atoms with van der Waals surface area (Å²) in [6, 6.07) is 7.79. The van der Waals surface area contributed by atoms with E-state index in [-0.39, 0.29) is 0 Å². The Kier molecular flexibility index (Phi) is 7.31. The second-order valence-electron chi connectivity index (χ2n) is 6.74. The van der Waals surface area contributed by atoms with E-state index in [4.69, 9.17) is 9.47 Å². The van der Waals surface area contributed by atoms with Gasteiger partial charge in [0.25, 0.3) is 0 Å². The number of hydrogen-bond acceptors (Lipinski definition) is 6. The topological polar surface area (TPSA) is 82.5 Å². The van der Waals surface area contributed by atoms with E-state index in [0.29, 0.717) is 6.54 Å². The van der Waals surface area contributed by atoms with Crippen molar-refractivity contribution in [2.75, 3.05) is 20.4 Å². The Hall–Kier alpha value is -2.93. The van der Waals surface area contributed by atoms with E-state index in [9.17, 15) is 9.59 Å². The highest BCUT2D eigenvalue weighted by Crippen LogP contribution is 2.15. The van der Waals surface area contributed by atoms with Crippen LogP contribution in [-0.2, 0) is 25.6 Å². The summed E-state index contributed by atoms with van der Waals surface area (Å²) in [6.07, 6.45) is 8.35. The molecule has 1 heterocycles. The number of nitrogens with zero attached hydrogens (tertiary/aromatic N) is 2. The smallest absolute Gasteiger partial charge is 0.333 e. The molecule has 7 nitrogen and oxygen atoms in total. The average molecular weight is 371 g/mol. The van der Waals surface area contributed by atoms with Crippen molar-refractivity contribution in [1.29, 1.82) is 0 Å². The van der Waals surface area contributed by atoms with E-state index < -0.39 is 24.1 Å². The van der Waals surface area contributed by atoms with Crippen LogP contribution in [0.4, 0.5) is 0 Å². The van der Waals surface area contributed by atoms with Crippen LogP contribution in [0.25, 0.3) is 6.08 Å². The van der Waals surface area contributed by atoms with Gasteiger partial charge in [-0.1, -0.05) is 24.3 Å². The number of ether oxygens (including phenoxy) is 2. The van der Waals surface area contributed by atoms with Crippen LogP contribution in [0.5, 0.6) is 0 Å². The van der Waals surface area contributed by atoms with Crippen molar-refractivity contribution < 1.29 is 19.1 Å². The maximum Gasteiger partial charge on any atom is 0.333 e. The van der Waals surface area contributed by atoms with E-state index >= 15 is 0 Å². The first-order chi connectivity index (χ1) is 12.9. The van der Waals surface area contributed by atoms with Gasteiger partial charge in [0.2, 0.25) is 6.79 Å². The SMILES string of the molecule is CNCC(C)(C)C(=O)OCOC(=O)/C=C/c1ccc(Cn2ccnc2)cc1. The van der Waals surface area contributed by atoms with Gasteiger partial charge in [0.05, 0.1) is 11.7 Å². The molecule has 0 unspecified atom stereocenters. The van der Waals surface area contributed by atoms with E-state index in [0.717, 1.165) is 17.7 Å². The number of esters is 2. The third-order valence-corrected chi connectivity index (χ3v) is 3.88. The normalized spacial score (nSPS) is 11.5. The highest BCUT2D eigenvalue weighted by atomic mass is 16.7. The number of carbonyl (C=O) groups is 2. The molecule has 2 rings (SSSR count). The molecule has 0 radical (unpaired) electrons. The highest BCUT2D eigenvalue weighted by molar-refractivity contribution is 5.87. The molecule has 0 atom stereocenters. The second kappa shape index (κ2) is 9.68. The second-order valence-corrected chi connectivity index (χ2v) is 6.74. The molecular formula is C20H25N3O4. The van der Waals surface area contributed by atoms with Crippen LogP contribution >= 0.6 is 0 Å². The van der Waals surface area contributed by atoms with Gasteiger partial charge < -0.3 is 19.4 Å². The number of hydrogen-bond donors (Lipinski definition) is 1. The lowest BCUT2D eigenvalue weighted by Gasteiger charge is -2.21. The molecule has 0 aliphatic carbocycles. The van der Waals surface area contributed by atoms with Crippen LogP contribution in [-0.4, -0.2) is 41.9 Å². The molecule has 0 fully saturated rings. The summed E-state index contributed by atoms with van der Waals surface area (Å²) in [7, 11) is 1.75. The Morgan fingerprint density at radius 2 is 1.96 bits per heavy atom. The zero-order chi connectivity index (χ0) is 19.7. The fourth-order valence-corrected chi connectivity index (χ4v) is 2.39. The predicted molar refractivity (Wildman–Crippen MR) is 102 cm³/mol.